The van der Waals surface area contributed by atoms with Gasteiger partial charge in [-0.25, -0.2) is 0 Å². The minimum atomic E-state index is -1.32. The predicted octanol–water partition coefficient (Wildman–Crippen LogP) is 1.77. The molecule has 0 fully saturated rings. The molecule has 0 bridgehead atoms. The lowest BCUT2D eigenvalue weighted by Crippen LogP contribution is -2.36. The van der Waals surface area contributed by atoms with Crippen molar-refractivity contribution in [3.05, 3.63) is 17.0 Å². The van der Waals surface area contributed by atoms with Crippen LogP contribution < -0.4 is 5.32 Å². The Kier molecular flexibility index (Phi) is 2.73. The molecule has 72 valence electrons. The maximum Gasteiger partial charge on any atom is 0.256 e. The van der Waals surface area contributed by atoms with Crippen molar-refractivity contribution < 1.29 is 9.90 Å². The van der Waals surface area contributed by atoms with Crippen LogP contribution in [0.15, 0.2) is 11.4 Å². The Morgan fingerprint density at radius 2 is 2.23 bits per heavy atom. The van der Waals surface area contributed by atoms with Gasteiger partial charge in [-0.3, -0.25) is 4.79 Å². The molecule has 0 atom stereocenters. The number of amides is 1. The van der Waals surface area contributed by atoms with Crippen LogP contribution in [0.3, 0.4) is 0 Å². The quantitative estimate of drug-likeness (QED) is 0.762. The first-order chi connectivity index (χ1) is 5.91. The van der Waals surface area contributed by atoms with Crippen molar-refractivity contribution in [1.82, 2.24) is 0 Å². The van der Waals surface area contributed by atoms with E-state index in [1.165, 1.54) is 25.2 Å². The van der Waals surface area contributed by atoms with E-state index < -0.39 is 5.60 Å². The predicted molar refractivity (Wildman–Crippen MR) is 54.0 cm³/mol. The lowest BCUT2D eigenvalue weighted by Gasteiger charge is -2.15. The van der Waals surface area contributed by atoms with Gasteiger partial charge < -0.3 is 10.4 Å². The number of thiophene rings is 1. The van der Waals surface area contributed by atoms with Gasteiger partial charge in [0.25, 0.3) is 5.91 Å². The minimum Gasteiger partial charge on any atom is -0.381 e. The van der Waals surface area contributed by atoms with Crippen molar-refractivity contribution in [2.45, 2.75) is 26.4 Å². The maximum absolute atomic E-state index is 11.3. The average molecular weight is 199 g/mol. The number of carbonyl (C=O) groups excluding carboxylic acids is 1. The van der Waals surface area contributed by atoms with Crippen LogP contribution in [-0.4, -0.2) is 16.6 Å². The van der Waals surface area contributed by atoms with Gasteiger partial charge in [-0.1, -0.05) is 0 Å². The van der Waals surface area contributed by atoms with Crippen LogP contribution >= 0.6 is 11.3 Å². The number of rotatable bonds is 2. The van der Waals surface area contributed by atoms with Crippen LogP contribution in [-0.2, 0) is 4.79 Å². The van der Waals surface area contributed by atoms with Gasteiger partial charge >= 0.3 is 0 Å². The normalized spacial score (nSPS) is 11.4. The van der Waals surface area contributed by atoms with Gasteiger partial charge in [-0.15, -0.1) is 11.3 Å². The van der Waals surface area contributed by atoms with Crippen molar-refractivity contribution in [2.75, 3.05) is 5.32 Å². The summed E-state index contributed by atoms with van der Waals surface area (Å²) in [5.41, 5.74) is -0.307. The van der Waals surface area contributed by atoms with Gasteiger partial charge in [-0.05, 0) is 37.8 Å². The number of hydrogen-bond acceptors (Lipinski definition) is 3. The first-order valence-electron chi connectivity index (χ1n) is 3.99. The zero-order valence-electron chi connectivity index (χ0n) is 7.92. The maximum atomic E-state index is 11.3. The van der Waals surface area contributed by atoms with Gasteiger partial charge in [0.05, 0.1) is 5.00 Å². The molecule has 4 heteroatoms. The summed E-state index contributed by atoms with van der Waals surface area (Å²) in [7, 11) is 0. The molecule has 3 nitrogen and oxygen atoms in total. The first-order valence-corrected chi connectivity index (χ1v) is 4.87. The van der Waals surface area contributed by atoms with Gasteiger partial charge in [0.1, 0.15) is 5.60 Å². The van der Waals surface area contributed by atoms with Crippen molar-refractivity contribution in [3.63, 3.8) is 0 Å². The molecule has 0 aliphatic carbocycles. The third-order valence-corrected chi connectivity index (χ3v) is 2.58. The van der Waals surface area contributed by atoms with E-state index in [9.17, 15) is 9.90 Å². The van der Waals surface area contributed by atoms with E-state index >= 15 is 0 Å². The highest BCUT2D eigenvalue weighted by Crippen LogP contribution is 2.22. The van der Waals surface area contributed by atoms with Crippen LogP contribution in [0.2, 0.25) is 0 Å². The van der Waals surface area contributed by atoms with Crippen LogP contribution in [0.1, 0.15) is 19.4 Å². The summed E-state index contributed by atoms with van der Waals surface area (Å²) in [5, 5.41) is 14.7. The Balaban J connectivity index is 2.71. The molecule has 0 aromatic carbocycles. The number of aryl methyl sites for hydroxylation is 1. The lowest BCUT2D eigenvalue weighted by atomic mass is 10.1. The number of anilines is 1. The summed E-state index contributed by atoms with van der Waals surface area (Å²) in [6.45, 7) is 4.84. The fourth-order valence-corrected chi connectivity index (χ4v) is 1.57. The molecule has 1 rings (SSSR count). The van der Waals surface area contributed by atoms with E-state index in [1.807, 2.05) is 18.4 Å². The van der Waals surface area contributed by atoms with E-state index in [-0.39, 0.29) is 5.91 Å². The molecule has 1 aromatic rings. The second kappa shape index (κ2) is 3.47. The SMILES string of the molecule is Cc1ccsc1NC(=O)C(C)(C)O. The molecular weight excluding hydrogens is 186 g/mol. The molecule has 0 unspecified atom stereocenters. The third kappa shape index (κ3) is 2.54. The Morgan fingerprint density at radius 3 is 2.62 bits per heavy atom. The van der Waals surface area contributed by atoms with E-state index in [0.717, 1.165) is 10.6 Å². The summed E-state index contributed by atoms with van der Waals surface area (Å²) in [4.78, 5) is 11.3. The minimum absolute atomic E-state index is 0.377. The van der Waals surface area contributed by atoms with Crippen molar-refractivity contribution in [1.29, 1.82) is 0 Å². The highest BCUT2D eigenvalue weighted by molar-refractivity contribution is 7.14. The molecule has 0 spiro atoms. The molecule has 0 aliphatic rings. The molecule has 0 radical (unpaired) electrons. The van der Waals surface area contributed by atoms with Crippen LogP contribution in [0.5, 0.6) is 0 Å². The zero-order valence-corrected chi connectivity index (χ0v) is 8.73. The van der Waals surface area contributed by atoms with Crippen molar-refractivity contribution in [2.24, 2.45) is 0 Å². The first kappa shape index (κ1) is 10.2. The van der Waals surface area contributed by atoms with Crippen LogP contribution in [0, 0.1) is 6.92 Å². The lowest BCUT2D eigenvalue weighted by molar-refractivity contribution is -0.130. The molecule has 13 heavy (non-hydrogen) atoms. The number of hydrogen-bond donors (Lipinski definition) is 2. The topological polar surface area (TPSA) is 49.3 Å². The molecule has 2 N–H and O–H groups in total. The monoisotopic (exact) mass is 199 g/mol. The Morgan fingerprint density at radius 1 is 1.62 bits per heavy atom. The van der Waals surface area contributed by atoms with Crippen molar-refractivity contribution >= 4 is 22.2 Å². The molecule has 0 aliphatic heterocycles. The highest BCUT2D eigenvalue weighted by atomic mass is 32.1. The van der Waals surface area contributed by atoms with Gasteiger partial charge in [0, 0.05) is 0 Å². The number of nitrogens with one attached hydrogen (secondary N) is 1. The molecule has 0 saturated heterocycles. The standard InChI is InChI=1S/C9H13NO2S/c1-6-4-5-13-7(6)10-8(11)9(2,3)12/h4-5,12H,1-3H3,(H,10,11). The second-order valence-corrected chi connectivity index (χ2v) is 4.36. The molecule has 1 heterocycles. The largest absolute Gasteiger partial charge is 0.381 e. The number of carbonyl (C=O) groups is 1. The number of aliphatic hydroxyl groups is 1. The summed E-state index contributed by atoms with van der Waals surface area (Å²) in [5.74, 6) is -0.377. The zero-order chi connectivity index (χ0) is 10.1. The fraction of sp³-hybridized carbons (Fsp3) is 0.444. The summed E-state index contributed by atoms with van der Waals surface area (Å²) >= 11 is 1.45. The summed E-state index contributed by atoms with van der Waals surface area (Å²) < 4.78 is 0. The van der Waals surface area contributed by atoms with Crippen LogP contribution in [0.4, 0.5) is 5.00 Å². The van der Waals surface area contributed by atoms with Gasteiger partial charge in [-0.2, -0.15) is 0 Å². The van der Waals surface area contributed by atoms with E-state index in [1.54, 1.807) is 0 Å². The smallest absolute Gasteiger partial charge is 0.256 e. The average Bonchev–Trinajstić information content (AvgIpc) is 2.34. The second-order valence-electron chi connectivity index (χ2n) is 3.45. The van der Waals surface area contributed by atoms with E-state index in [2.05, 4.69) is 5.32 Å². The Bertz CT molecular complexity index is 312. The highest BCUT2D eigenvalue weighted by Gasteiger charge is 2.24. The molecule has 1 aromatic heterocycles. The Labute approximate surface area is 81.4 Å². The van der Waals surface area contributed by atoms with Gasteiger partial charge in [0.2, 0.25) is 0 Å². The fourth-order valence-electron chi connectivity index (χ4n) is 0.757. The summed E-state index contributed by atoms with van der Waals surface area (Å²) in [6, 6.07) is 1.92. The van der Waals surface area contributed by atoms with Crippen molar-refractivity contribution in [3.8, 4) is 0 Å². The van der Waals surface area contributed by atoms with Crippen LogP contribution in [0.25, 0.3) is 0 Å². The third-order valence-electron chi connectivity index (χ3n) is 1.64. The Hall–Kier alpha value is -0.870. The summed E-state index contributed by atoms with van der Waals surface area (Å²) in [6.07, 6.45) is 0. The molecular formula is C9H13NO2S. The van der Waals surface area contributed by atoms with E-state index in [0.29, 0.717) is 0 Å². The van der Waals surface area contributed by atoms with E-state index in [4.69, 9.17) is 0 Å². The van der Waals surface area contributed by atoms with Gasteiger partial charge in [0.15, 0.2) is 0 Å². The molecule has 1 amide bonds. The molecule has 0 saturated carbocycles.